The van der Waals surface area contributed by atoms with Crippen molar-refractivity contribution in [2.24, 2.45) is 0 Å². The number of carbonyl (C=O) groups is 2. The molecule has 74 valence electrons. The predicted molar refractivity (Wildman–Crippen MR) is 49.1 cm³/mol. The number of carbonyl (C=O) groups excluding carboxylic acids is 2. The fraction of sp³-hybridized carbons (Fsp3) is 0.778. The highest BCUT2D eigenvalue weighted by Crippen LogP contribution is 2.09. The molecule has 0 radical (unpaired) electrons. The first kappa shape index (κ1) is 10.0. The van der Waals surface area contributed by atoms with Crippen molar-refractivity contribution in [1.29, 1.82) is 0 Å². The van der Waals surface area contributed by atoms with E-state index in [2.05, 4.69) is 5.32 Å². The van der Waals surface area contributed by atoms with Crippen molar-refractivity contribution in [1.82, 2.24) is 10.2 Å². The van der Waals surface area contributed by atoms with Gasteiger partial charge in [0.2, 0.25) is 12.3 Å². The first-order valence-corrected chi connectivity index (χ1v) is 4.78. The van der Waals surface area contributed by atoms with E-state index in [4.69, 9.17) is 0 Å². The largest absolute Gasteiger partial charge is 0.347 e. The van der Waals surface area contributed by atoms with Gasteiger partial charge in [0.05, 0.1) is 0 Å². The summed E-state index contributed by atoms with van der Waals surface area (Å²) in [5, 5.41) is 2.54. The molecule has 1 fully saturated rings. The van der Waals surface area contributed by atoms with E-state index >= 15 is 0 Å². The molecule has 13 heavy (non-hydrogen) atoms. The maximum atomic E-state index is 11.7. The lowest BCUT2D eigenvalue weighted by molar-refractivity contribution is -0.133. The fourth-order valence-electron chi connectivity index (χ4n) is 1.60. The van der Waals surface area contributed by atoms with Crippen molar-refractivity contribution in [2.45, 2.75) is 32.2 Å². The van der Waals surface area contributed by atoms with Gasteiger partial charge in [-0.2, -0.15) is 0 Å². The summed E-state index contributed by atoms with van der Waals surface area (Å²) in [4.78, 5) is 23.7. The second kappa shape index (κ2) is 4.84. The van der Waals surface area contributed by atoms with E-state index in [9.17, 15) is 9.59 Å². The molecule has 1 heterocycles. The minimum absolute atomic E-state index is 0.0621. The van der Waals surface area contributed by atoms with Crippen LogP contribution >= 0.6 is 0 Å². The summed E-state index contributed by atoms with van der Waals surface area (Å²) in [6.45, 7) is 3.58. The highest BCUT2D eigenvalue weighted by Gasteiger charge is 2.24. The third kappa shape index (κ3) is 2.44. The molecule has 4 heteroatoms. The minimum atomic E-state index is -0.324. The van der Waals surface area contributed by atoms with Crippen molar-refractivity contribution >= 4 is 12.3 Å². The zero-order valence-corrected chi connectivity index (χ0v) is 7.95. The number of nitrogens with one attached hydrogen (secondary N) is 1. The van der Waals surface area contributed by atoms with Crippen molar-refractivity contribution in [3.8, 4) is 0 Å². The van der Waals surface area contributed by atoms with E-state index in [0.29, 0.717) is 12.8 Å². The summed E-state index contributed by atoms with van der Waals surface area (Å²) in [6, 6.07) is -0.324. The predicted octanol–water partition coefficient (Wildman–Crippen LogP) is 0.133. The van der Waals surface area contributed by atoms with E-state index < -0.39 is 0 Å². The van der Waals surface area contributed by atoms with Crippen LogP contribution in [0.25, 0.3) is 0 Å². The second-order valence-electron chi connectivity index (χ2n) is 3.28. The third-order valence-corrected chi connectivity index (χ3v) is 2.39. The van der Waals surface area contributed by atoms with Gasteiger partial charge in [-0.3, -0.25) is 9.59 Å². The summed E-state index contributed by atoms with van der Waals surface area (Å²) in [7, 11) is 0. The van der Waals surface area contributed by atoms with Crippen molar-refractivity contribution in [3.05, 3.63) is 0 Å². The molecule has 1 saturated heterocycles. The summed E-state index contributed by atoms with van der Waals surface area (Å²) in [5.41, 5.74) is 0. The maximum absolute atomic E-state index is 11.7. The van der Waals surface area contributed by atoms with Crippen molar-refractivity contribution < 1.29 is 9.59 Å². The molecule has 0 bridgehead atoms. The Hall–Kier alpha value is -1.06. The van der Waals surface area contributed by atoms with Crippen LogP contribution in [-0.4, -0.2) is 36.3 Å². The average molecular weight is 184 g/mol. The quantitative estimate of drug-likeness (QED) is 0.631. The molecule has 0 aromatic carbocycles. The number of amides is 2. The molecule has 0 aromatic rings. The van der Waals surface area contributed by atoms with Gasteiger partial charge < -0.3 is 10.2 Å². The highest BCUT2D eigenvalue weighted by atomic mass is 16.2. The van der Waals surface area contributed by atoms with Gasteiger partial charge in [0.15, 0.2) is 0 Å². The Bertz CT molecular complexity index is 188. The molecule has 1 aliphatic heterocycles. The molecule has 4 nitrogen and oxygen atoms in total. The lowest BCUT2D eigenvalue weighted by Crippen LogP contribution is -2.44. The molecular weight excluding hydrogens is 168 g/mol. The Balaban J connectivity index is 2.46. The summed E-state index contributed by atoms with van der Waals surface area (Å²) in [6.07, 6.45) is 3.43. The number of hydrogen-bond donors (Lipinski definition) is 1. The van der Waals surface area contributed by atoms with Crippen molar-refractivity contribution in [2.75, 3.05) is 13.1 Å². The average Bonchev–Trinajstić information content (AvgIpc) is 2.65. The van der Waals surface area contributed by atoms with E-state index in [1.165, 1.54) is 0 Å². The SMILES string of the molecule is CC[C@H](NC=O)C(=O)N1CCCC1. The van der Waals surface area contributed by atoms with Crippen LogP contribution in [0.1, 0.15) is 26.2 Å². The van der Waals surface area contributed by atoms with E-state index in [1.54, 1.807) is 0 Å². The fourth-order valence-corrected chi connectivity index (χ4v) is 1.60. The Morgan fingerprint density at radius 2 is 2.15 bits per heavy atom. The topological polar surface area (TPSA) is 49.4 Å². The highest BCUT2D eigenvalue weighted by molar-refractivity contribution is 5.83. The molecule has 0 spiro atoms. The van der Waals surface area contributed by atoms with Crippen LogP contribution in [0.3, 0.4) is 0 Å². The first-order chi connectivity index (χ1) is 6.29. The normalized spacial score (nSPS) is 18.4. The van der Waals surface area contributed by atoms with Crippen LogP contribution in [0.15, 0.2) is 0 Å². The van der Waals surface area contributed by atoms with Gasteiger partial charge in [-0.15, -0.1) is 0 Å². The third-order valence-electron chi connectivity index (χ3n) is 2.39. The van der Waals surface area contributed by atoms with Crippen LogP contribution in [0.5, 0.6) is 0 Å². The zero-order chi connectivity index (χ0) is 9.68. The van der Waals surface area contributed by atoms with Gasteiger partial charge in [0, 0.05) is 13.1 Å². The van der Waals surface area contributed by atoms with Gasteiger partial charge >= 0.3 is 0 Å². The molecule has 1 rings (SSSR count). The summed E-state index contributed by atoms with van der Waals surface area (Å²) < 4.78 is 0. The van der Waals surface area contributed by atoms with Crippen LogP contribution in [0.4, 0.5) is 0 Å². The maximum Gasteiger partial charge on any atom is 0.245 e. The summed E-state index contributed by atoms with van der Waals surface area (Å²) in [5.74, 6) is 0.0621. The van der Waals surface area contributed by atoms with Crippen LogP contribution < -0.4 is 5.32 Å². The van der Waals surface area contributed by atoms with E-state index in [-0.39, 0.29) is 11.9 Å². The number of hydrogen-bond acceptors (Lipinski definition) is 2. The van der Waals surface area contributed by atoms with Crippen LogP contribution in [-0.2, 0) is 9.59 Å². The lowest BCUT2D eigenvalue weighted by atomic mass is 10.2. The Labute approximate surface area is 78.3 Å². The van der Waals surface area contributed by atoms with Crippen LogP contribution in [0, 0.1) is 0 Å². The number of nitrogens with zero attached hydrogens (tertiary/aromatic N) is 1. The molecule has 1 atom stereocenters. The molecule has 0 saturated carbocycles. The molecule has 1 N–H and O–H groups in total. The molecule has 1 aliphatic rings. The Morgan fingerprint density at radius 1 is 1.54 bits per heavy atom. The standard InChI is InChI=1S/C9H16N2O2/c1-2-8(10-7-12)9(13)11-5-3-4-6-11/h7-8H,2-6H2,1H3,(H,10,12)/t8-/m0/s1. The van der Waals surface area contributed by atoms with Gasteiger partial charge in [-0.25, -0.2) is 0 Å². The van der Waals surface area contributed by atoms with Crippen LogP contribution in [0.2, 0.25) is 0 Å². The second-order valence-corrected chi connectivity index (χ2v) is 3.28. The van der Waals surface area contributed by atoms with Crippen molar-refractivity contribution in [3.63, 3.8) is 0 Å². The van der Waals surface area contributed by atoms with Gasteiger partial charge in [-0.05, 0) is 19.3 Å². The van der Waals surface area contributed by atoms with Gasteiger partial charge in [0.1, 0.15) is 6.04 Å². The number of rotatable bonds is 4. The first-order valence-electron chi connectivity index (χ1n) is 4.78. The molecule has 2 amide bonds. The monoisotopic (exact) mass is 184 g/mol. The molecule has 0 aromatic heterocycles. The zero-order valence-electron chi connectivity index (χ0n) is 7.95. The van der Waals surface area contributed by atoms with E-state index in [0.717, 1.165) is 25.9 Å². The lowest BCUT2D eigenvalue weighted by Gasteiger charge is -2.21. The van der Waals surface area contributed by atoms with Gasteiger partial charge in [-0.1, -0.05) is 6.92 Å². The van der Waals surface area contributed by atoms with E-state index in [1.807, 2.05) is 11.8 Å². The number of likely N-dealkylation sites (tertiary alicyclic amines) is 1. The molecular formula is C9H16N2O2. The Morgan fingerprint density at radius 3 is 2.62 bits per heavy atom. The Kier molecular flexibility index (Phi) is 3.73. The molecule has 0 aliphatic carbocycles. The smallest absolute Gasteiger partial charge is 0.245 e. The van der Waals surface area contributed by atoms with Gasteiger partial charge in [0.25, 0.3) is 0 Å². The summed E-state index contributed by atoms with van der Waals surface area (Å²) >= 11 is 0. The molecule has 0 unspecified atom stereocenters. The minimum Gasteiger partial charge on any atom is -0.347 e.